The fourth-order valence-electron chi connectivity index (χ4n) is 1.82. The van der Waals surface area contributed by atoms with Crippen molar-refractivity contribution in [3.63, 3.8) is 0 Å². The van der Waals surface area contributed by atoms with Gasteiger partial charge in [0, 0.05) is 5.56 Å². The lowest BCUT2D eigenvalue weighted by Gasteiger charge is -2.00. The van der Waals surface area contributed by atoms with E-state index in [0.29, 0.717) is 16.1 Å². The van der Waals surface area contributed by atoms with Gasteiger partial charge in [-0.3, -0.25) is 15.2 Å². The van der Waals surface area contributed by atoms with Crippen LogP contribution in [0.5, 0.6) is 5.75 Å². The highest BCUT2D eigenvalue weighted by Gasteiger charge is 2.11. The van der Waals surface area contributed by atoms with Gasteiger partial charge in [-0.15, -0.1) is 15.3 Å². The van der Waals surface area contributed by atoms with E-state index in [0.717, 1.165) is 16.3 Å². The van der Waals surface area contributed by atoms with Crippen LogP contribution in [0.3, 0.4) is 0 Å². The molecule has 10 heteroatoms. The number of rotatable bonds is 6. The average Bonchev–Trinajstić information content (AvgIpc) is 3.22. The lowest BCUT2D eigenvalue weighted by Crippen LogP contribution is -2.13. The fourth-order valence-corrected chi connectivity index (χ4v) is 3.03. The number of amides is 1. The third-order valence-electron chi connectivity index (χ3n) is 2.93. The monoisotopic (exact) mass is 362 g/mol. The van der Waals surface area contributed by atoms with Gasteiger partial charge >= 0.3 is 0 Å². The van der Waals surface area contributed by atoms with Crippen LogP contribution in [0.25, 0.3) is 11.4 Å². The van der Waals surface area contributed by atoms with Crippen molar-refractivity contribution in [1.29, 1.82) is 0 Å². The molecule has 0 unspecified atom stereocenters. The number of benzene rings is 1. The van der Waals surface area contributed by atoms with Gasteiger partial charge in [-0.05, 0) is 31.2 Å². The van der Waals surface area contributed by atoms with Crippen molar-refractivity contribution in [1.82, 2.24) is 25.4 Å². The van der Waals surface area contributed by atoms with E-state index in [2.05, 4.69) is 30.7 Å². The maximum atomic E-state index is 11.9. The molecule has 0 aliphatic carbocycles. The van der Waals surface area contributed by atoms with E-state index in [1.165, 1.54) is 23.1 Å². The number of hydrogen-bond donors (Lipinski definition) is 2. The topological polar surface area (TPSA) is 106 Å². The Bertz CT molecular complexity index is 830. The van der Waals surface area contributed by atoms with Crippen LogP contribution in [-0.2, 0) is 4.79 Å². The molecule has 2 aromatic heterocycles. The highest BCUT2D eigenvalue weighted by atomic mass is 32.2. The Hall–Kier alpha value is -2.46. The number of nitrogens with zero attached hydrogens (tertiary/aromatic N) is 4. The molecule has 0 saturated heterocycles. The maximum absolute atomic E-state index is 11.9. The van der Waals surface area contributed by atoms with Gasteiger partial charge in [0.1, 0.15) is 10.8 Å². The Morgan fingerprint density at radius 3 is 2.79 bits per heavy atom. The molecule has 8 nitrogen and oxygen atoms in total. The summed E-state index contributed by atoms with van der Waals surface area (Å²) in [5, 5.41) is 19.2. The molecule has 0 fully saturated rings. The van der Waals surface area contributed by atoms with E-state index in [-0.39, 0.29) is 11.7 Å². The lowest BCUT2D eigenvalue weighted by molar-refractivity contribution is -0.113. The van der Waals surface area contributed by atoms with Crippen LogP contribution in [0.15, 0.2) is 29.4 Å². The number of carbonyl (C=O) groups is 1. The maximum Gasteiger partial charge on any atom is 0.236 e. The summed E-state index contributed by atoms with van der Waals surface area (Å²) < 4.78 is 5.12. The number of thioether (sulfide) groups is 1. The molecular formula is C14H14N6O2S2. The van der Waals surface area contributed by atoms with E-state index in [4.69, 9.17) is 4.74 Å². The van der Waals surface area contributed by atoms with Crippen molar-refractivity contribution in [3.05, 3.63) is 29.3 Å². The summed E-state index contributed by atoms with van der Waals surface area (Å²) in [5.74, 6) is 1.43. The molecule has 2 heterocycles. The normalized spacial score (nSPS) is 10.6. The van der Waals surface area contributed by atoms with Crippen molar-refractivity contribution >= 4 is 34.1 Å². The molecule has 2 N–H and O–H groups in total. The molecule has 1 aromatic carbocycles. The zero-order valence-electron chi connectivity index (χ0n) is 12.9. The molecule has 1 amide bonds. The highest BCUT2D eigenvalue weighted by Crippen LogP contribution is 2.22. The van der Waals surface area contributed by atoms with Gasteiger partial charge in [-0.2, -0.15) is 0 Å². The second kappa shape index (κ2) is 7.41. The Morgan fingerprint density at radius 2 is 2.12 bits per heavy atom. The number of hydrogen-bond acceptors (Lipinski definition) is 8. The van der Waals surface area contributed by atoms with E-state index in [1.54, 1.807) is 7.11 Å². The number of methoxy groups -OCH3 is 1. The Kier molecular flexibility index (Phi) is 5.06. The van der Waals surface area contributed by atoms with E-state index < -0.39 is 0 Å². The third-order valence-corrected chi connectivity index (χ3v) is 4.53. The second-order valence-electron chi connectivity index (χ2n) is 4.66. The number of nitrogens with one attached hydrogen (secondary N) is 2. The summed E-state index contributed by atoms with van der Waals surface area (Å²) in [7, 11) is 1.62. The Balaban J connectivity index is 1.56. The molecule has 0 spiro atoms. The number of aromatic nitrogens is 5. The summed E-state index contributed by atoms with van der Waals surface area (Å²) in [6.07, 6.45) is 0. The van der Waals surface area contributed by atoms with Gasteiger partial charge in [-0.25, -0.2) is 4.98 Å². The Morgan fingerprint density at radius 1 is 1.33 bits per heavy atom. The van der Waals surface area contributed by atoms with Gasteiger partial charge < -0.3 is 4.74 Å². The fraction of sp³-hybridized carbons (Fsp3) is 0.214. The smallest absolute Gasteiger partial charge is 0.236 e. The van der Waals surface area contributed by atoms with Crippen molar-refractivity contribution in [2.45, 2.75) is 12.1 Å². The molecule has 0 bridgehead atoms. The minimum atomic E-state index is -0.174. The minimum absolute atomic E-state index is 0.174. The molecule has 0 atom stereocenters. The van der Waals surface area contributed by atoms with Crippen LogP contribution < -0.4 is 10.1 Å². The standard InChI is InChI=1S/C14H14N6O2S2/c1-8-17-20-14(24-8)15-11(21)7-23-13-16-12(18-19-13)9-3-5-10(22-2)6-4-9/h3-6H,7H2,1-2H3,(H,15,20,21)(H,16,18,19). The number of aromatic amines is 1. The van der Waals surface area contributed by atoms with Gasteiger partial charge in [0.2, 0.25) is 16.2 Å². The Labute approximate surface area is 146 Å². The summed E-state index contributed by atoms with van der Waals surface area (Å²) in [6.45, 7) is 1.83. The zero-order chi connectivity index (χ0) is 16.9. The first-order valence-corrected chi connectivity index (χ1v) is 8.74. The number of ether oxygens (including phenoxy) is 1. The van der Waals surface area contributed by atoms with Crippen LogP contribution in [0.2, 0.25) is 0 Å². The molecule has 0 radical (unpaired) electrons. The minimum Gasteiger partial charge on any atom is -0.497 e. The van der Waals surface area contributed by atoms with E-state index in [1.807, 2.05) is 31.2 Å². The molecule has 0 aliphatic rings. The van der Waals surface area contributed by atoms with Gasteiger partial charge in [0.15, 0.2) is 5.82 Å². The summed E-state index contributed by atoms with van der Waals surface area (Å²) in [6, 6.07) is 7.47. The molecule has 24 heavy (non-hydrogen) atoms. The van der Waals surface area contributed by atoms with Crippen molar-refractivity contribution in [2.24, 2.45) is 0 Å². The molecule has 124 valence electrons. The SMILES string of the molecule is COc1ccc(-c2nc(SCC(=O)Nc3nnc(C)s3)n[nH]2)cc1. The van der Waals surface area contributed by atoms with Crippen molar-refractivity contribution < 1.29 is 9.53 Å². The average molecular weight is 362 g/mol. The molecule has 0 aliphatic heterocycles. The first kappa shape index (κ1) is 16.4. The summed E-state index contributed by atoms with van der Waals surface area (Å²) in [5.41, 5.74) is 0.893. The second-order valence-corrected chi connectivity index (χ2v) is 6.78. The van der Waals surface area contributed by atoms with E-state index >= 15 is 0 Å². The molecular weight excluding hydrogens is 348 g/mol. The van der Waals surface area contributed by atoms with Crippen molar-refractivity contribution in [2.75, 3.05) is 18.2 Å². The number of anilines is 1. The third kappa shape index (κ3) is 4.09. The summed E-state index contributed by atoms with van der Waals surface area (Å²) >= 11 is 2.57. The largest absolute Gasteiger partial charge is 0.497 e. The number of aryl methyl sites for hydroxylation is 1. The highest BCUT2D eigenvalue weighted by molar-refractivity contribution is 7.99. The van der Waals surface area contributed by atoms with E-state index in [9.17, 15) is 4.79 Å². The van der Waals surface area contributed by atoms with Gasteiger partial charge in [0.25, 0.3) is 0 Å². The van der Waals surface area contributed by atoms with Crippen molar-refractivity contribution in [3.8, 4) is 17.1 Å². The number of H-pyrrole nitrogens is 1. The predicted molar refractivity (Wildman–Crippen MR) is 92.4 cm³/mol. The van der Waals surface area contributed by atoms with Crippen LogP contribution in [0, 0.1) is 6.92 Å². The summed E-state index contributed by atoms with van der Waals surface area (Å²) in [4.78, 5) is 16.2. The zero-order valence-corrected chi connectivity index (χ0v) is 14.6. The van der Waals surface area contributed by atoms with Crippen LogP contribution >= 0.6 is 23.1 Å². The number of carbonyl (C=O) groups excluding carboxylic acids is 1. The van der Waals surface area contributed by atoms with Crippen LogP contribution in [0.1, 0.15) is 5.01 Å². The van der Waals surface area contributed by atoms with Crippen LogP contribution in [0.4, 0.5) is 5.13 Å². The predicted octanol–water partition coefficient (Wildman–Crippen LogP) is 2.37. The first-order chi connectivity index (χ1) is 11.6. The molecule has 0 saturated carbocycles. The molecule has 3 aromatic rings. The first-order valence-electron chi connectivity index (χ1n) is 6.93. The lowest BCUT2D eigenvalue weighted by atomic mass is 10.2. The quantitative estimate of drug-likeness (QED) is 0.648. The molecule has 3 rings (SSSR count). The van der Waals surface area contributed by atoms with Gasteiger partial charge in [0.05, 0.1) is 12.9 Å². The van der Waals surface area contributed by atoms with Gasteiger partial charge in [-0.1, -0.05) is 23.1 Å². The van der Waals surface area contributed by atoms with Crippen LogP contribution in [-0.4, -0.2) is 44.1 Å².